The van der Waals surface area contributed by atoms with Gasteiger partial charge in [0.25, 0.3) is 0 Å². The summed E-state index contributed by atoms with van der Waals surface area (Å²) in [5, 5.41) is 19.4. The number of aromatic nitrogens is 1. The zero-order valence-corrected chi connectivity index (χ0v) is 8.38. The number of piperidine rings is 1. The Morgan fingerprint density at radius 1 is 1.06 bits per heavy atom. The first-order chi connectivity index (χ1) is 7.59. The van der Waals surface area contributed by atoms with Gasteiger partial charge in [-0.25, -0.2) is 5.53 Å². The first-order valence-corrected chi connectivity index (χ1v) is 4.81. The van der Waals surface area contributed by atoms with E-state index >= 15 is 0 Å². The highest BCUT2D eigenvalue weighted by molar-refractivity contribution is 5.97. The van der Waals surface area contributed by atoms with E-state index in [-0.39, 0.29) is 36.4 Å². The highest BCUT2D eigenvalue weighted by atomic mass is 16.3. The van der Waals surface area contributed by atoms with Gasteiger partial charge in [0.1, 0.15) is 0 Å². The molecule has 2 heterocycles. The number of nitrogens with one attached hydrogen (secondary N) is 1. The molecule has 16 heavy (non-hydrogen) atoms. The summed E-state index contributed by atoms with van der Waals surface area (Å²) in [6, 6.07) is 2.47. The van der Waals surface area contributed by atoms with Gasteiger partial charge in [-0.15, -0.1) is 0 Å². The Labute approximate surface area is 90.8 Å². The SMILES string of the molecule is O=C1CCCC(=O)N1Nn1c(O)ccc1O. The first-order valence-electron chi connectivity index (χ1n) is 4.81. The largest absolute Gasteiger partial charge is 0.493 e. The van der Waals surface area contributed by atoms with Crippen LogP contribution in [-0.4, -0.2) is 31.7 Å². The number of amides is 2. The average molecular weight is 225 g/mol. The van der Waals surface area contributed by atoms with E-state index in [2.05, 4.69) is 5.53 Å². The molecule has 0 saturated carbocycles. The van der Waals surface area contributed by atoms with Gasteiger partial charge in [0.05, 0.1) is 0 Å². The van der Waals surface area contributed by atoms with Crippen molar-refractivity contribution in [2.75, 3.05) is 5.53 Å². The van der Waals surface area contributed by atoms with Crippen LogP contribution in [0.3, 0.4) is 0 Å². The zero-order valence-electron chi connectivity index (χ0n) is 8.38. The van der Waals surface area contributed by atoms with E-state index in [1.165, 1.54) is 12.1 Å². The summed E-state index contributed by atoms with van der Waals surface area (Å²) in [4.78, 5) is 22.8. The number of nitrogens with zero attached hydrogens (tertiary/aromatic N) is 2. The molecule has 0 spiro atoms. The molecule has 1 aliphatic rings. The van der Waals surface area contributed by atoms with Gasteiger partial charge in [-0.05, 0) is 6.42 Å². The summed E-state index contributed by atoms with van der Waals surface area (Å²) in [6.07, 6.45) is 1.06. The lowest BCUT2D eigenvalue weighted by molar-refractivity contribution is -0.147. The van der Waals surface area contributed by atoms with Gasteiger partial charge in [-0.1, -0.05) is 0 Å². The van der Waals surface area contributed by atoms with Crippen LogP contribution in [0.5, 0.6) is 11.8 Å². The molecule has 1 aromatic heterocycles. The molecule has 3 N–H and O–H groups in total. The highest BCUT2D eigenvalue weighted by Crippen LogP contribution is 2.20. The average Bonchev–Trinajstić information content (AvgIpc) is 2.54. The van der Waals surface area contributed by atoms with Crippen LogP contribution in [0.25, 0.3) is 0 Å². The quantitative estimate of drug-likeness (QED) is 0.611. The molecule has 0 aromatic carbocycles. The Hall–Kier alpha value is -2.18. The molecule has 2 amide bonds. The Morgan fingerprint density at radius 3 is 2.06 bits per heavy atom. The van der Waals surface area contributed by atoms with Crippen LogP contribution in [0.4, 0.5) is 0 Å². The third-order valence-electron chi connectivity index (χ3n) is 2.32. The minimum absolute atomic E-state index is 0.265. The monoisotopic (exact) mass is 225 g/mol. The van der Waals surface area contributed by atoms with Crippen molar-refractivity contribution in [2.24, 2.45) is 0 Å². The van der Waals surface area contributed by atoms with Crippen LogP contribution in [0.2, 0.25) is 0 Å². The summed E-state index contributed by atoms with van der Waals surface area (Å²) in [5.74, 6) is -1.35. The standard InChI is InChI=1S/C9H11N3O4/c13-6-2-1-3-7(14)11(6)10-12-8(15)4-5-9(12)16/h4-5,10,15-16H,1-3H2. The number of hydrogen-bond donors (Lipinski definition) is 3. The number of carbonyl (C=O) groups excluding carboxylic acids is 2. The molecule has 1 aromatic rings. The van der Waals surface area contributed by atoms with Crippen molar-refractivity contribution >= 4 is 11.8 Å². The van der Waals surface area contributed by atoms with E-state index in [1.807, 2.05) is 0 Å². The number of carbonyl (C=O) groups is 2. The molecule has 7 heteroatoms. The van der Waals surface area contributed by atoms with Crippen LogP contribution >= 0.6 is 0 Å². The smallest absolute Gasteiger partial charge is 0.249 e. The minimum Gasteiger partial charge on any atom is -0.493 e. The molecule has 1 fully saturated rings. The highest BCUT2D eigenvalue weighted by Gasteiger charge is 2.27. The Morgan fingerprint density at radius 2 is 1.56 bits per heavy atom. The molecule has 1 saturated heterocycles. The third-order valence-corrected chi connectivity index (χ3v) is 2.32. The van der Waals surface area contributed by atoms with Crippen LogP contribution < -0.4 is 5.53 Å². The summed E-state index contributed by atoms with van der Waals surface area (Å²) in [5.41, 5.74) is 2.35. The van der Waals surface area contributed by atoms with E-state index in [0.717, 1.165) is 9.69 Å². The second kappa shape index (κ2) is 3.76. The molecule has 0 unspecified atom stereocenters. The van der Waals surface area contributed by atoms with Gasteiger partial charge in [0.15, 0.2) is 0 Å². The van der Waals surface area contributed by atoms with Gasteiger partial charge >= 0.3 is 0 Å². The third kappa shape index (κ3) is 1.67. The van der Waals surface area contributed by atoms with Gasteiger partial charge in [0, 0.05) is 25.0 Å². The number of imide groups is 1. The second-order valence-corrected chi connectivity index (χ2v) is 3.46. The van der Waals surface area contributed by atoms with E-state index in [9.17, 15) is 19.8 Å². The molecule has 0 atom stereocenters. The number of hydrogen-bond acceptors (Lipinski definition) is 5. The fourth-order valence-electron chi connectivity index (χ4n) is 1.48. The van der Waals surface area contributed by atoms with E-state index in [1.54, 1.807) is 0 Å². The lowest BCUT2D eigenvalue weighted by atomic mass is 10.1. The Kier molecular flexibility index (Phi) is 2.43. The molecule has 0 radical (unpaired) electrons. The van der Waals surface area contributed by atoms with Gasteiger partial charge in [0.2, 0.25) is 23.6 Å². The molecule has 0 aliphatic carbocycles. The van der Waals surface area contributed by atoms with Crippen molar-refractivity contribution in [1.29, 1.82) is 0 Å². The fourth-order valence-corrected chi connectivity index (χ4v) is 1.48. The van der Waals surface area contributed by atoms with Crippen LogP contribution in [0.1, 0.15) is 19.3 Å². The van der Waals surface area contributed by atoms with Crippen LogP contribution in [0.15, 0.2) is 12.1 Å². The van der Waals surface area contributed by atoms with Crippen molar-refractivity contribution in [2.45, 2.75) is 19.3 Å². The Bertz CT molecular complexity index is 404. The maximum Gasteiger partial charge on any atom is 0.249 e. The molecular weight excluding hydrogens is 214 g/mol. The number of rotatable bonds is 2. The molecule has 7 nitrogen and oxygen atoms in total. The summed E-state index contributed by atoms with van der Waals surface area (Å²) >= 11 is 0. The predicted octanol–water partition coefficient (Wildman–Crippen LogP) is -0.103. The van der Waals surface area contributed by atoms with Crippen molar-refractivity contribution in [3.05, 3.63) is 12.1 Å². The molecule has 1 aliphatic heterocycles. The van der Waals surface area contributed by atoms with Crippen LogP contribution in [-0.2, 0) is 9.59 Å². The van der Waals surface area contributed by atoms with E-state index < -0.39 is 0 Å². The fraction of sp³-hybridized carbons (Fsp3) is 0.333. The lowest BCUT2D eigenvalue weighted by Crippen LogP contribution is -2.47. The molecule has 2 rings (SSSR count). The second-order valence-electron chi connectivity index (χ2n) is 3.46. The normalized spacial score (nSPS) is 16.6. The summed E-state index contributed by atoms with van der Waals surface area (Å²) in [7, 11) is 0. The van der Waals surface area contributed by atoms with Crippen molar-refractivity contribution in [3.63, 3.8) is 0 Å². The summed E-state index contributed by atoms with van der Waals surface area (Å²) in [6.45, 7) is 0. The summed E-state index contributed by atoms with van der Waals surface area (Å²) < 4.78 is 0.848. The first kappa shape index (κ1) is 10.3. The zero-order chi connectivity index (χ0) is 11.7. The van der Waals surface area contributed by atoms with Gasteiger partial charge in [-0.3, -0.25) is 9.59 Å². The Balaban J connectivity index is 2.20. The number of aromatic hydroxyl groups is 2. The van der Waals surface area contributed by atoms with Crippen LogP contribution in [0, 0.1) is 0 Å². The van der Waals surface area contributed by atoms with Crippen molar-refractivity contribution < 1.29 is 19.8 Å². The minimum atomic E-state index is -0.385. The number of hydrazine groups is 1. The van der Waals surface area contributed by atoms with E-state index in [4.69, 9.17) is 0 Å². The predicted molar refractivity (Wildman–Crippen MR) is 52.8 cm³/mol. The van der Waals surface area contributed by atoms with E-state index in [0.29, 0.717) is 6.42 Å². The molecule has 86 valence electrons. The van der Waals surface area contributed by atoms with Crippen molar-refractivity contribution in [1.82, 2.24) is 9.69 Å². The topological polar surface area (TPSA) is 94.8 Å². The van der Waals surface area contributed by atoms with Gasteiger partial charge in [-0.2, -0.15) is 9.69 Å². The van der Waals surface area contributed by atoms with Crippen molar-refractivity contribution in [3.8, 4) is 11.8 Å². The van der Waals surface area contributed by atoms with Gasteiger partial charge < -0.3 is 10.2 Å². The lowest BCUT2D eigenvalue weighted by Gasteiger charge is -2.26. The molecular formula is C9H11N3O4. The maximum absolute atomic E-state index is 11.4. The molecule has 0 bridgehead atoms. The maximum atomic E-state index is 11.4.